The van der Waals surface area contributed by atoms with E-state index in [-0.39, 0.29) is 5.91 Å². The van der Waals surface area contributed by atoms with Gasteiger partial charge in [-0.25, -0.2) is 10.4 Å². The largest absolute Gasteiger partial charge is 0.493 e. The summed E-state index contributed by atoms with van der Waals surface area (Å²) in [5.41, 5.74) is 5.81. The van der Waals surface area contributed by atoms with Crippen molar-refractivity contribution in [2.45, 2.75) is 0 Å². The van der Waals surface area contributed by atoms with Crippen molar-refractivity contribution in [1.82, 2.24) is 10.4 Å². The van der Waals surface area contributed by atoms with E-state index < -0.39 is 0 Å². The minimum absolute atomic E-state index is 0.369. The molecule has 166 valence electrons. The summed E-state index contributed by atoms with van der Waals surface area (Å²) in [5, 5.41) is 5.63. The average Bonchev–Trinajstić information content (AvgIpc) is 2.84. The van der Waals surface area contributed by atoms with Crippen LogP contribution in [0.15, 0.2) is 71.8 Å². The number of fused-ring (bicyclic) bond motifs is 1. The Kier molecular flexibility index (Phi) is 6.77. The summed E-state index contributed by atoms with van der Waals surface area (Å²) in [7, 11) is 3.15. The van der Waals surface area contributed by atoms with Gasteiger partial charge in [0, 0.05) is 10.9 Å². The number of halogens is 2. The van der Waals surface area contributed by atoms with E-state index in [9.17, 15) is 4.79 Å². The van der Waals surface area contributed by atoms with Gasteiger partial charge in [0.05, 0.1) is 47.3 Å². The Balaban J connectivity index is 1.69. The zero-order chi connectivity index (χ0) is 23.4. The Morgan fingerprint density at radius 2 is 1.73 bits per heavy atom. The zero-order valence-electron chi connectivity index (χ0n) is 17.8. The van der Waals surface area contributed by atoms with Crippen LogP contribution in [0, 0.1) is 0 Å². The third-order valence-corrected chi connectivity index (χ3v) is 5.70. The van der Waals surface area contributed by atoms with Crippen molar-refractivity contribution in [1.29, 1.82) is 0 Å². The Morgan fingerprint density at radius 1 is 0.939 bits per heavy atom. The van der Waals surface area contributed by atoms with E-state index in [1.807, 2.05) is 36.4 Å². The van der Waals surface area contributed by atoms with Crippen molar-refractivity contribution >= 4 is 46.2 Å². The van der Waals surface area contributed by atoms with Gasteiger partial charge >= 0.3 is 0 Å². The molecule has 33 heavy (non-hydrogen) atoms. The number of aromatic nitrogens is 1. The number of benzene rings is 3. The van der Waals surface area contributed by atoms with Crippen molar-refractivity contribution in [3.63, 3.8) is 0 Å². The van der Waals surface area contributed by atoms with Gasteiger partial charge in [0.15, 0.2) is 11.5 Å². The van der Waals surface area contributed by atoms with Crippen molar-refractivity contribution in [2.75, 3.05) is 14.2 Å². The molecular formula is C25H19Cl2N3O3. The topological polar surface area (TPSA) is 72.8 Å². The summed E-state index contributed by atoms with van der Waals surface area (Å²) >= 11 is 12.0. The number of nitrogens with one attached hydrogen (secondary N) is 1. The van der Waals surface area contributed by atoms with Gasteiger partial charge in [-0.3, -0.25) is 4.79 Å². The Labute approximate surface area is 200 Å². The molecule has 1 N–H and O–H groups in total. The summed E-state index contributed by atoms with van der Waals surface area (Å²) in [4.78, 5) is 17.8. The van der Waals surface area contributed by atoms with E-state index in [1.54, 1.807) is 44.6 Å². The highest BCUT2D eigenvalue weighted by Gasteiger charge is 2.15. The number of methoxy groups -OCH3 is 2. The van der Waals surface area contributed by atoms with Crippen LogP contribution in [0.4, 0.5) is 0 Å². The number of ether oxygens (including phenoxy) is 2. The lowest BCUT2D eigenvalue weighted by molar-refractivity contribution is 0.0956. The van der Waals surface area contributed by atoms with Crippen LogP contribution < -0.4 is 14.9 Å². The molecule has 0 unspecified atom stereocenters. The Morgan fingerprint density at radius 3 is 2.48 bits per heavy atom. The third-order valence-electron chi connectivity index (χ3n) is 4.96. The molecule has 0 spiro atoms. The maximum Gasteiger partial charge on any atom is 0.272 e. The van der Waals surface area contributed by atoms with E-state index in [4.69, 9.17) is 37.7 Å². The van der Waals surface area contributed by atoms with Crippen molar-refractivity contribution in [3.05, 3.63) is 87.9 Å². The first-order chi connectivity index (χ1) is 16.0. The van der Waals surface area contributed by atoms with Gasteiger partial charge in [-0.05, 0) is 48.0 Å². The van der Waals surface area contributed by atoms with Crippen LogP contribution in [0.1, 0.15) is 15.9 Å². The normalized spacial score (nSPS) is 11.0. The Bertz CT molecular complexity index is 1370. The predicted octanol–water partition coefficient (Wildman–Crippen LogP) is 5.99. The standard InChI is InChI=1S/C25H19Cl2N3O3/c1-32-23-10-8-16(12-24(23)33-2)22-13-18(17-5-3-4-6-21(17)29-22)25(31)30-28-14-15-7-9-19(26)20(27)11-15/h3-14H,1-2H3,(H,30,31)/b28-14+. The van der Waals surface area contributed by atoms with Gasteiger partial charge in [-0.2, -0.15) is 5.10 Å². The lowest BCUT2D eigenvalue weighted by atomic mass is 10.0. The van der Waals surface area contributed by atoms with Crippen LogP contribution in [0.3, 0.4) is 0 Å². The van der Waals surface area contributed by atoms with E-state index in [2.05, 4.69) is 10.5 Å². The second kappa shape index (κ2) is 9.90. The van der Waals surface area contributed by atoms with Gasteiger partial charge in [-0.15, -0.1) is 0 Å². The van der Waals surface area contributed by atoms with Gasteiger partial charge in [0.1, 0.15) is 0 Å². The Hall–Kier alpha value is -3.61. The van der Waals surface area contributed by atoms with Crippen LogP contribution in [0.25, 0.3) is 22.2 Å². The van der Waals surface area contributed by atoms with Crippen molar-refractivity contribution < 1.29 is 14.3 Å². The van der Waals surface area contributed by atoms with Gasteiger partial charge < -0.3 is 9.47 Å². The first-order valence-corrected chi connectivity index (χ1v) is 10.7. The molecule has 0 saturated heterocycles. The first kappa shape index (κ1) is 22.6. The lowest BCUT2D eigenvalue weighted by Gasteiger charge is -2.12. The molecular weight excluding hydrogens is 461 g/mol. The number of para-hydroxylation sites is 1. The van der Waals surface area contributed by atoms with Crippen LogP contribution in [-0.2, 0) is 0 Å². The molecule has 0 fully saturated rings. The molecule has 0 aliphatic heterocycles. The number of carbonyl (C=O) groups excluding carboxylic acids is 1. The smallest absolute Gasteiger partial charge is 0.272 e. The SMILES string of the molecule is COc1ccc(-c2cc(C(=O)N/N=C/c3ccc(Cl)c(Cl)c3)c3ccccc3n2)cc1OC. The second-order valence-corrected chi connectivity index (χ2v) is 7.83. The molecule has 1 amide bonds. The third kappa shape index (κ3) is 4.92. The molecule has 0 bridgehead atoms. The highest BCUT2D eigenvalue weighted by Crippen LogP contribution is 2.33. The first-order valence-electron chi connectivity index (χ1n) is 9.91. The molecule has 8 heteroatoms. The molecule has 0 atom stereocenters. The number of hydrogen-bond donors (Lipinski definition) is 1. The minimum atomic E-state index is -0.369. The highest BCUT2D eigenvalue weighted by atomic mass is 35.5. The number of amides is 1. The molecule has 1 heterocycles. The van der Waals surface area contributed by atoms with Crippen LogP contribution in [-0.4, -0.2) is 31.3 Å². The molecule has 1 aromatic heterocycles. The van der Waals surface area contributed by atoms with Crippen molar-refractivity contribution in [3.8, 4) is 22.8 Å². The fraction of sp³-hybridized carbons (Fsp3) is 0.0800. The van der Waals surface area contributed by atoms with E-state index in [0.717, 1.165) is 5.56 Å². The molecule has 3 aromatic carbocycles. The van der Waals surface area contributed by atoms with E-state index >= 15 is 0 Å². The predicted molar refractivity (Wildman–Crippen MR) is 132 cm³/mol. The highest BCUT2D eigenvalue weighted by molar-refractivity contribution is 6.42. The van der Waals surface area contributed by atoms with E-state index in [1.165, 1.54) is 6.21 Å². The number of rotatable bonds is 6. The van der Waals surface area contributed by atoms with Crippen molar-refractivity contribution in [2.24, 2.45) is 5.10 Å². The summed E-state index contributed by atoms with van der Waals surface area (Å²) in [6.45, 7) is 0. The van der Waals surface area contributed by atoms with Gasteiger partial charge in [0.25, 0.3) is 5.91 Å². The van der Waals surface area contributed by atoms with Gasteiger partial charge in [-0.1, -0.05) is 47.5 Å². The summed E-state index contributed by atoms with van der Waals surface area (Å²) in [6.07, 6.45) is 1.50. The maximum absolute atomic E-state index is 13.0. The lowest BCUT2D eigenvalue weighted by Crippen LogP contribution is -2.18. The number of hydrogen-bond acceptors (Lipinski definition) is 5. The summed E-state index contributed by atoms with van der Waals surface area (Å²) in [6, 6.07) is 19.7. The molecule has 4 aromatic rings. The minimum Gasteiger partial charge on any atom is -0.493 e. The molecule has 0 aliphatic carbocycles. The fourth-order valence-corrected chi connectivity index (χ4v) is 3.63. The average molecular weight is 480 g/mol. The summed E-state index contributed by atoms with van der Waals surface area (Å²) < 4.78 is 10.7. The number of pyridine rings is 1. The molecule has 6 nitrogen and oxygen atoms in total. The van der Waals surface area contributed by atoms with Gasteiger partial charge in [0.2, 0.25) is 0 Å². The zero-order valence-corrected chi connectivity index (χ0v) is 19.3. The van der Waals surface area contributed by atoms with Crippen LogP contribution in [0.2, 0.25) is 10.0 Å². The van der Waals surface area contributed by atoms with Crippen LogP contribution >= 0.6 is 23.2 Å². The molecule has 0 aliphatic rings. The fourth-order valence-electron chi connectivity index (χ4n) is 3.33. The number of carbonyl (C=O) groups is 1. The van der Waals surface area contributed by atoms with Crippen LogP contribution in [0.5, 0.6) is 11.5 Å². The van der Waals surface area contributed by atoms with E-state index in [0.29, 0.717) is 49.3 Å². The number of hydrazone groups is 1. The maximum atomic E-state index is 13.0. The molecule has 0 radical (unpaired) electrons. The monoisotopic (exact) mass is 479 g/mol. The summed E-state index contributed by atoms with van der Waals surface area (Å²) in [5.74, 6) is 0.811. The molecule has 4 rings (SSSR count). The quantitative estimate of drug-likeness (QED) is 0.272. The molecule has 0 saturated carbocycles. The number of nitrogens with zero attached hydrogens (tertiary/aromatic N) is 2. The second-order valence-electron chi connectivity index (χ2n) is 7.01.